The molecule has 2 aromatic carbocycles. The van der Waals surface area contributed by atoms with Crippen molar-refractivity contribution >= 4 is 43.9 Å². The third-order valence-corrected chi connectivity index (χ3v) is 6.34. The van der Waals surface area contributed by atoms with Gasteiger partial charge in [0.05, 0.1) is 32.9 Å². The van der Waals surface area contributed by atoms with E-state index in [1.165, 1.54) is 19.4 Å². The average molecular weight is 477 g/mol. The third kappa shape index (κ3) is 4.62. The van der Waals surface area contributed by atoms with E-state index in [1.807, 2.05) is 42.0 Å². The van der Waals surface area contributed by atoms with Crippen LogP contribution in [-0.2, 0) is 14.5 Å². The molecule has 3 N–H and O–H groups in total. The molecule has 0 spiro atoms. The van der Waals surface area contributed by atoms with Gasteiger partial charge in [0.2, 0.25) is 11.9 Å². The summed E-state index contributed by atoms with van der Waals surface area (Å²) in [4.78, 5) is 21.1. The molecule has 174 valence electrons. The number of carbonyl (C=O) groups excluding carboxylic acids is 1. The van der Waals surface area contributed by atoms with Crippen LogP contribution in [0.5, 0.6) is 5.75 Å². The van der Waals surface area contributed by atoms with Gasteiger partial charge in [0, 0.05) is 35.3 Å². The van der Waals surface area contributed by atoms with Crippen LogP contribution in [0.1, 0.15) is 5.56 Å². The molecule has 0 saturated carbocycles. The average Bonchev–Trinajstić information content (AvgIpc) is 3.22. The van der Waals surface area contributed by atoms with Crippen molar-refractivity contribution in [3.63, 3.8) is 0 Å². The molecular weight excluding hydrogens is 452 g/mol. The lowest BCUT2D eigenvalue weighted by molar-refractivity contribution is -0.111. The number of nitrogens with zero attached hydrogens (tertiary/aromatic N) is 3. The Kier molecular flexibility index (Phi) is 6.08. The summed E-state index contributed by atoms with van der Waals surface area (Å²) in [5, 5.41) is 6.84. The van der Waals surface area contributed by atoms with E-state index in [9.17, 15) is 9.00 Å². The van der Waals surface area contributed by atoms with Crippen LogP contribution in [0.3, 0.4) is 0 Å². The quantitative estimate of drug-likeness (QED) is 0.334. The van der Waals surface area contributed by atoms with Gasteiger partial charge < -0.3 is 19.9 Å². The van der Waals surface area contributed by atoms with Crippen molar-refractivity contribution in [2.75, 3.05) is 24.0 Å². The molecular formula is C24H24N6O3S. The van der Waals surface area contributed by atoms with Crippen LogP contribution in [0.2, 0.25) is 0 Å². The first-order valence-corrected chi connectivity index (χ1v) is 12.2. The van der Waals surface area contributed by atoms with E-state index in [4.69, 9.17) is 14.5 Å². The molecule has 1 unspecified atom stereocenters. The molecule has 4 aromatic rings. The number of hydrogen-bond donors (Lipinski definition) is 3. The normalized spacial score (nSPS) is 12.7. The molecule has 2 aromatic heterocycles. The third-order valence-electron chi connectivity index (χ3n) is 5.19. The molecule has 34 heavy (non-hydrogen) atoms. The Balaban J connectivity index is 1.69. The van der Waals surface area contributed by atoms with Gasteiger partial charge in [-0.1, -0.05) is 6.58 Å². The minimum Gasteiger partial charge on any atom is -0.495 e. The number of hydrogen-bond acceptors (Lipinski definition) is 7. The van der Waals surface area contributed by atoms with Gasteiger partial charge in [-0.25, -0.2) is 14.0 Å². The monoisotopic (exact) mass is 476 g/mol. The second kappa shape index (κ2) is 8.99. The van der Waals surface area contributed by atoms with Gasteiger partial charge in [-0.15, -0.1) is 0 Å². The molecule has 1 amide bonds. The van der Waals surface area contributed by atoms with Crippen LogP contribution in [0.15, 0.2) is 72.4 Å². The topological polar surface area (TPSA) is 122 Å². The van der Waals surface area contributed by atoms with Gasteiger partial charge in [-0.2, -0.15) is 4.98 Å². The number of fused-ring (bicyclic) bond motifs is 1. The summed E-state index contributed by atoms with van der Waals surface area (Å²) in [7, 11) is -1.36. The number of ether oxygens (including phenoxy) is 1. The standard InChI is InChI=1S/C24H24N6O3S/c1-5-22(31)27-17-6-9-20-16(12-17)10-11-30(20)23-15(2)14-26-24(29-23)28-19-8-7-18(34(4,25)32)13-21(19)33-3/h5-14,25H,1H2,2-4H3,(H,27,31)(H,26,28,29). The molecule has 0 aliphatic rings. The smallest absolute Gasteiger partial charge is 0.247 e. The maximum absolute atomic E-state index is 12.1. The number of methoxy groups -OCH3 is 1. The maximum atomic E-state index is 12.1. The van der Waals surface area contributed by atoms with Gasteiger partial charge in [-0.05, 0) is 55.5 Å². The van der Waals surface area contributed by atoms with E-state index in [-0.39, 0.29) is 5.91 Å². The first-order chi connectivity index (χ1) is 16.2. The number of aryl methyl sites for hydroxylation is 1. The SMILES string of the molecule is C=CC(=O)Nc1ccc2c(ccn2-c2nc(Nc3ccc(S(C)(=N)=O)cc3OC)ncc2C)c1. The molecule has 4 rings (SSSR count). The van der Waals surface area contributed by atoms with Gasteiger partial charge in [0.1, 0.15) is 11.6 Å². The minimum atomic E-state index is -2.87. The Morgan fingerprint density at radius 2 is 2.03 bits per heavy atom. The summed E-state index contributed by atoms with van der Waals surface area (Å²) >= 11 is 0. The van der Waals surface area contributed by atoms with Crippen molar-refractivity contribution in [3.05, 3.63) is 73.1 Å². The fraction of sp³-hybridized carbons (Fsp3) is 0.125. The molecule has 0 saturated heterocycles. The molecule has 0 radical (unpaired) electrons. The first-order valence-electron chi connectivity index (χ1n) is 10.3. The van der Waals surface area contributed by atoms with Crippen LogP contribution in [0, 0.1) is 11.7 Å². The zero-order valence-electron chi connectivity index (χ0n) is 19.0. The highest BCUT2D eigenvalue weighted by Gasteiger charge is 2.13. The number of amides is 1. The van der Waals surface area contributed by atoms with Gasteiger partial charge >= 0.3 is 0 Å². The Morgan fingerprint density at radius 1 is 1.24 bits per heavy atom. The van der Waals surface area contributed by atoms with E-state index >= 15 is 0 Å². The Morgan fingerprint density at radius 3 is 2.74 bits per heavy atom. The van der Waals surface area contributed by atoms with E-state index in [0.717, 1.165) is 16.5 Å². The van der Waals surface area contributed by atoms with Crippen molar-refractivity contribution in [3.8, 4) is 11.6 Å². The minimum absolute atomic E-state index is 0.270. The van der Waals surface area contributed by atoms with Crippen LogP contribution < -0.4 is 15.4 Å². The van der Waals surface area contributed by atoms with E-state index < -0.39 is 9.73 Å². The highest BCUT2D eigenvalue weighted by atomic mass is 32.2. The molecule has 0 fully saturated rings. The lowest BCUT2D eigenvalue weighted by atomic mass is 10.2. The molecule has 9 nitrogen and oxygen atoms in total. The molecule has 10 heteroatoms. The lowest BCUT2D eigenvalue weighted by Crippen LogP contribution is -2.07. The maximum Gasteiger partial charge on any atom is 0.247 e. The van der Waals surface area contributed by atoms with E-state index in [0.29, 0.717) is 33.8 Å². The number of rotatable bonds is 7. The van der Waals surface area contributed by atoms with Gasteiger partial charge in [0.25, 0.3) is 0 Å². The first kappa shape index (κ1) is 23.0. The zero-order valence-corrected chi connectivity index (χ0v) is 19.8. The van der Waals surface area contributed by atoms with E-state index in [2.05, 4.69) is 22.2 Å². The summed E-state index contributed by atoms with van der Waals surface area (Å²) in [5.41, 5.74) is 3.05. The summed E-state index contributed by atoms with van der Waals surface area (Å²) < 4.78 is 27.2. The van der Waals surface area contributed by atoms with Crippen molar-refractivity contribution < 1.29 is 13.7 Å². The summed E-state index contributed by atoms with van der Waals surface area (Å²) in [6.07, 6.45) is 6.22. The number of benzene rings is 2. The Bertz CT molecular complexity index is 1530. The fourth-order valence-electron chi connectivity index (χ4n) is 3.47. The molecule has 0 aliphatic heterocycles. The number of anilines is 3. The number of aromatic nitrogens is 3. The second-order valence-corrected chi connectivity index (χ2v) is 9.84. The van der Waals surface area contributed by atoms with Crippen LogP contribution in [-0.4, -0.2) is 38.0 Å². The summed E-state index contributed by atoms with van der Waals surface area (Å²) in [5.74, 6) is 1.21. The fourth-order valence-corrected chi connectivity index (χ4v) is 4.13. The molecule has 2 heterocycles. The van der Waals surface area contributed by atoms with Gasteiger partial charge in [0.15, 0.2) is 0 Å². The Hall–Kier alpha value is -4.18. The predicted molar refractivity (Wildman–Crippen MR) is 134 cm³/mol. The van der Waals surface area contributed by atoms with Crippen LogP contribution in [0.25, 0.3) is 16.7 Å². The van der Waals surface area contributed by atoms with E-state index in [1.54, 1.807) is 24.4 Å². The second-order valence-electron chi connectivity index (χ2n) is 7.68. The van der Waals surface area contributed by atoms with Crippen molar-refractivity contribution in [2.24, 2.45) is 0 Å². The Labute approximate surface area is 197 Å². The molecule has 0 bridgehead atoms. The summed E-state index contributed by atoms with van der Waals surface area (Å²) in [6.45, 7) is 5.39. The van der Waals surface area contributed by atoms with Crippen LogP contribution >= 0.6 is 0 Å². The van der Waals surface area contributed by atoms with Crippen molar-refractivity contribution in [1.82, 2.24) is 14.5 Å². The van der Waals surface area contributed by atoms with Gasteiger partial charge in [-0.3, -0.25) is 4.79 Å². The molecule has 1 atom stereocenters. The highest BCUT2D eigenvalue weighted by Crippen LogP contribution is 2.30. The number of carbonyl (C=O) groups is 1. The number of nitrogens with one attached hydrogen (secondary N) is 3. The van der Waals surface area contributed by atoms with Crippen molar-refractivity contribution in [1.29, 1.82) is 4.78 Å². The highest BCUT2D eigenvalue weighted by molar-refractivity contribution is 7.91. The zero-order chi connectivity index (χ0) is 24.5. The largest absolute Gasteiger partial charge is 0.495 e. The predicted octanol–water partition coefficient (Wildman–Crippen LogP) is 4.64. The lowest BCUT2D eigenvalue weighted by Gasteiger charge is -2.14. The van der Waals surface area contributed by atoms with Crippen LogP contribution in [0.4, 0.5) is 17.3 Å². The van der Waals surface area contributed by atoms with Crippen molar-refractivity contribution in [2.45, 2.75) is 11.8 Å². The summed E-state index contributed by atoms with van der Waals surface area (Å²) in [6, 6.07) is 12.4. The molecule has 0 aliphatic carbocycles.